The molecule has 0 aliphatic heterocycles. The molecule has 5 heteroatoms. The van der Waals surface area contributed by atoms with E-state index in [2.05, 4.69) is 65.8 Å². The Hall–Kier alpha value is -1.59. The summed E-state index contributed by atoms with van der Waals surface area (Å²) in [7, 11) is 6.02. The van der Waals surface area contributed by atoms with E-state index in [0.717, 1.165) is 45.1 Å². The first-order chi connectivity index (χ1) is 11.6. The van der Waals surface area contributed by atoms with Crippen LogP contribution >= 0.6 is 0 Å². The number of hydrogen-bond donors (Lipinski definition) is 2. The topological polar surface area (TPSA) is 48.9 Å². The molecule has 0 saturated carbocycles. The predicted octanol–water partition coefficient (Wildman–Crippen LogP) is 2.44. The van der Waals surface area contributed by atoms with Crippen LogP contribution in [0, 0.1) is 0 Å². The van der Waals surface area contributed by atoms with Crippen molar-refractivity contribution in [3.05, 3.63) is 35.4 Å². The van der Waals surface area contributed by atoms with E-state index in [4.69, 9.17) is 4.74 Å². The summed E-state index contributed by atoms with van der Waals surface area (Å²) in [6.45, 7) is 7.42. The zero-order valence-electron chi connectivity index (χ0n) is 15.9. The molecule has 0 saturated heterocycles. The molecule has 0 spiro atoms. The lowest BCUT2D eigenvalue weighted by molar-refractivity contribution is 0.145. The summed E-state index contributed by atoms with van der Waals surface area (Å²) >= 11 is 0. The second-order valence-corrected chi connectivity index (χ2v) is 6.00. The average molecular weight is 335 g/mol. The third-order valence-corrected chi connectivity index (χ3v) is 4.04. The van der Waals surface area contributed by atoms with Gasteiger partial charge in [-0.2, -0.15) is 0 Å². The molecular weight excluding hydrogens is 300 g/mol. The van der Waals surface area contributed by atoms with Gasteiger partial charge in [0.05, 0.1) is 6.04 Å². The molecule has 1 unspecified atom stereocenters. The van der Waals surface area contributed by atoms with Gasteiger partial charge in [0.15, 0.2) is 5.96 Å². The number of aliphatic imine (C=N–C) groups is 1. The normalized spacial score (nSPS) is 13.2. The fourth-order valence-electron chi connectivity index (χ4n) is 2.51. The van der Waals surface area contributed by atoms with Crippen molar-refractivity contribution in [3.8, 4) is 0 Å². The van der Waals surface area contributed by atoms with Crippen LogP contribution in [0.2, 0.25) is 0 Å². The molecule has 0 aromatic heterocycles. The fraction of sp³-hybridized carbons (Fsp3) is 0.632. The molecule has 1 aromatic carbocycles. The second kappa shape index (κ2) is 11.9. The highest BCUT2D eigenvalue weighted by atomic mass is 16.5. The van der Waals surface area contributed by atoms with Crippen molar-refractivity contribution in [2.75, 3.05) is 47.4 Å². The smallest absolute Gasteiger partial charge is 0.191 e. The molecule has 24 heavy (non-hydrogen) atoms. The molecule has 1 rings (SSSR count). The van der Waals surface area contributed by atoms with Gasteiger partial charge in [0, 0.05) is 33.4 Å². The van der Waals surface area contributed by atoms with Crippen molar-refractivity contribution in [2.45, 2.75) is 32.7 Å². The summed E-state index contributed by atoms with van der Waals surface area (Å²) in [4.78, 5) is 6.53. The van der Waals surface area contributed by atoms with E-state index in [1.165, 1.54) is 11.1 Å². The highest BCUT2D eigenvalue weighted by molar-refractivity contribution is 5.79. The van der Waals surface area contributed by atoms with Crippen LogP contribution in [0.15, 0.2) is 29.3 Å². The number of ether oxygens (including phenoxy) is 1. The van der Waals surface area contributed by atoms with Gasteiger partial charge >= 0.3 is 0 Å². The maximum absolute atomic E-state index is 5.35. The number of hydrogen-bond acceptors (Lipinski definition) is 3. The summed E-state index contributed by atoms with van der Waals surface area (Å²) in [5, 5.41) is 6.76. The van der Waals surface area contributed by atoms with Gasteiger partial charge in [0.2, 0.25) is 0 Å². The molecule has 2 N–H and O–H groups in total. The Morgan fingerprint density at radius 3 is 2.42 bits per heavy atom. The molecule has 1 atom stereocenters. The van der Waals surface area contributed by atoms with Crippen LogP contribution in [0.3, 0.4) is 0 Å². The minimum Gasteiger partial charge on any atom is -0.382 e. The van der Waals surface area contributed by atoms with Crippen LogP contribution in [-0.4, -0.2) is 58.3 Å². The van der Waals surface area contributed by atoms with Crippen molar-refractivity contribution < 1.29 is 4.74 Å². The van der Waals surface area contributed by atoms with Crippen LogP contribution in [0.1, 0.15) is 37.4 Å². The maximum atomic E-state index is 5.35. The maximum Gasteiger partial charge on any atom is 0.191 e. The molecule has 0 heterocycles. The van der Waals surface area contributed by atoms with E-state index in [1.807, 2.05) is 6.92 Å². The lowest BCUT2D eigenvalue weighted by Gasteiger charge is -2.26. The Bertz CT molecular complexity index is 471. The van der Waals surface area contributed by atoms with Crippen LogP contribution < -0.4 is 10.6 Å². The Morgan fingerprint density at radius 1 is 1.17 bits per heavy atom. The van der Waals surface area contributed by atoms with Gasteiger partial charge < -0.3 is 20.3 Å². The summed E-state index contributed by atoms with van der Waals surface area (Å²) < 4.78 is 5.35. The molecule has 5 nitrogen and oxygen atoms in total. The Morgan fingerprint density at radius 2 is 1.88 bits per heavy atom. The number of guanidine groups is 1. The quantitative estimate of drug-likeness (QED) is 0.392. The number of likely N-dealkylation sites (N-methyl/N-ethyl adjacent to an activating group) is 1. The van der Waals surface area contributed by atoms with Crippen LogP contribution in [0.5, 0.6) is 0 Å². The van der Waals surface area contributed by atoms with Crippen LogP contribution in [0.25, 0.3) is 0 Å². The molecule has 0 fully saturated rings. The van der Waals surface area contributed by atoms with Gasteiger partial charge in [-0.15, -0.1) is 0 Å². The van der Waals surface area contributed by atoms with E-state index in [-0.39, 0.29) is 0 Å². The van der Waals surface area contributed by atoms with Crippen molar-refractivity contribution in [3.63, 3.8) is 0 Å². The number of nitrogens with zero attached hydrogens (tertiary/aromatic N) is 2. The molecule has 0 aliphatic rings. The molecule has 0 amide bonds. The molecule has 1 aromatic rings. The van der Waals surface area contributed by atoms with Gasteiger partial charge in [-0.1, -0.05) is 31.2 Å². The highest BCUT2D eigenvalue weighted by Gasteiger charge is 2.14. The van der Waals surface area contributed by atoms with E-state index in [0.29, 0.717) is 6.04 Å². The van der Waals surface area contributed by atoms with Gasteiger partial charge in [0.1, 0.15) is 0 Å². The van der Waals surface area contributed by atoms with Gasteiger partial charge in [-0.3, -0.25) is 4.99 Å². The van der Waals surface area contributed by atoms with Crippen molar-refractivity contribution in [2.24, 2.45) is 4.99 Å². The number of nitrogens with one attached hydrogen (secondary N) is 2. The van der Waals surface area contributed by atoms with E-state index < -0.39 is 0 Å². The molecule has 0 bridgehead atoms. The number of rotatable bonds is 10. The summed E-state index contributed by atoms with van der Waals surface area (Å²) in [5.74, 6) is 0.837. The average Bonchev–Trinajstić information content (AvgIpc) is 2.60. The zero-order chi connectivity index (χ0) is 17.8. The third kappa shape index (κ3) is 7.32. The monoisotopic (exact) mass is 334 g/mol. The largest absolute Gasteiger partial charge is 0.382 e. The SMILES string of the molecule is CCOCCCNC(=NC)NCC(c1ccc(CC)cc1)N(C)C. The number of aryl methyl sites for hydroxylation is 1. The summed E-state index contributed by atoms with van der Waals surface area (Å²) in [6.07, 6.45) is 2.05. The first-order valence-corrected chi connectivity index (χ1v) is 8.89. The fourth-order valence-corrected chi connectivity index (χ4v) is 2.51. The van der Waals surface area contributed by atoms with Crippen LogP contribution in [0.4, 0.5) is 0 Å². The van der Waals surface area contributed by atoms with Crippen molar-refractivity contribution in [1.29, 1.82) is 0 Å². The lowest BCUT2D eigenvalue weighted by Crippen LogP contribution is -2.42. The Balaban J connectivity index is 2.52. The standard InChI is InChI=1S/C19H34N4O/c1-6-16-9-11-17(12-10-16)18(23(4)5)15-22-19(20-3)21-13-8-14-24-7-2/h9-12,18H,6-8,13-15H2,1-5H3,(H2,20,21,22). The minimum absolute atomic E-state index is 0.304. The first kappa shape index (κ1) is 20.5. The van der Waals surface area contributed by atoms with Gasteiger partial charge in [-0.25, -0.2) is 0 Å². The Labute approximate surface area is 147 Å². The number of benzene rings is 1. The van der Waals surface area contributed by atoms with Crippen LogP contribution in [-0.2, 0) is 11.2 Å². The summed E-state index contributed by atoms with van der Waals surface area (Å²) in [5.41, 5.74) is 2.69. The third-order valence-electron chi connectivity index (χ3n) is 4.04. The molecule has 0 aliphatic carbocycles. The minimum atomic E-state index is 0.304. The highest BCUT2D eigenvalue weighted by Crippen LogP contribution is 2.18. The van der Waals surface area contributed by atoms with Gasteiger partial charge in [0.25, 0.3) is 0 Å². The summed E-state index contributed by atoms with van der Waals surface area (Å²) in [6, 6.07) is 9.18. The van der Waals surface area contributed by atoms with E-state index in [1.54, 1.807) is 7.05 Å². The zero-order valence-corrected chi connectivity index (χ0v) is 15.9. The van der Waals surface area contributed by atoms with Crippen molar-refractivity contribution in [1.82, 2.24) is 15.5 Å². The second-order valence-electron chi connectivity index (χ2n) is 6.00. The van der Waals surface area contributed by atoms with E-state index in [9.17, 15) is 0 Å². The Kier molecular flexibility index (Phi) is 10.1. The van der Waals surface area contributed by atoms with Gasteiger partial charge in [-0.05, 0) is 45.0 Å². The van der Waals surface area contributed by atoms with Crippen molar-refractivity contribution >= 4 is 5.96 Å². The molecular formula is C19H34N4O. The lowest BCUT2D eigenvalue weighted by atomic mass is 10.0. The van der Waals surface area contributed by atoms with E-state index >= 15 is 0 Å². The molecule has 0 radical (unpaired) electrons. The molecule has 136 valence electrons. The first-order valence-electron chi connectivity index (χ1n) is 8.89. The predicted molar refractivity (Wildman–Crippen MR) is 103 cm³/mol.